The van der Waals surface area contributed by atoms with E-state index in [0.29, 0.717) is 22.1 Å². The number of nitrogens with two attached hydrogens (primary N) is 1. The van der Waals surface area contributed by atoms with Gasteiger partial charge in [-0.2, -0.15) is 0 Å². The molecule has 128 valence electrons. The molecule has 0 aliphatic carbocycles. The van der Waals surface area contributed by atoms with Crippen molar-refractivity contribution in [3.63, 3.8) is 0 Å². The average molecular weight is 353 g/mol. The summed E-state index contributed by atoms with van der Waals surface area (Å²) >= 11 is 1.47. The van der Waals surface area contributed by atoms with E-state index >= 15 is 0 Å². The number of ether oxygens (including phenoxy) is 1. The Bertz CT molecular complexity index is 963. The second kappa shape index (κ2) is 6.64. The number of primary amides is 1. The Labute approximate surface area is 150 Å². The van der Waals surface area contributed by atoms with Crippen LogP contribution in [0.4, 0.5) is 0 Å². The predicted molar refractivity (Wildman–Crippen MR) is 100 cm³/mol. The molecule has 0 atom stereocenters. The summed E-state index contributed by atoms with van der Waals surface area (Å²) < 4.78 is 5.16. The molecule has 2 heterocycles. The highest BCUT2D eigenvalue weighted by atomic mass is 32.1. The van der Waals surface area contributed by atoms with Crippen molar-refractivity contribution in [1.82, 2.24) is 9.97 Å². The van der Waals surface area contributed by atoms with Gasteiger partial charge in [-0.3, -0.25) is 4.79 Å². The van der Waals surface area contributed by atoms with Crippen molar-refractivity contribution < 1.29 is 9.53 Å². The number of methoxy groups -OCH3 is 1. The Morgan fingerprint density at radius 3 is 2.52 bits per heavy atom. The van der Waals surface area contributed by atoms with Crippen LogP contribution < -0.4 is 10.5 Å². The summed E-state index contributed by atoms with van der Waals surface area (Å²) in [6.07, 6.45) is 0. The molecule has 0 aliphatic rings. The van der Waals surface area contributed by atoms with E-state index in [9.17, 15) is 4.79 Å². The number of carbonyl (C=O) groups is 1. The number of hydrogen-bond donors (Lipinski definition) is 1. The minimum atomic E-state index is -0.524. The lowest BCUT2D eigenvalue weighted by Crippen LogP contribution is -2.11. The highest BCUT2D eigenvalue weighted by molar-refractivity contribution is 7.13. The third-order valence-corrected chi connectivity index (χ3v) is 5.22. The predicted octanol–water partition coefficient (Wildman–Crippen LogP) is 3.90. The molecule has 0 fully saturated rings. The summed E-state index contributed by atoms with van der Waals surface area (Å²) in [6, 6.07) is 7.35. The zero-order valence-corrected chi connectivity index (χ0v) is 15.4. The lowest BCUT2D eigenvalue weighted by atomic mass is 9.97. The first-order valence-corrected chi connectivity index (χ1v) is 8.67. The normalized spacial score (nSPS) is 10.7. The molecule has 3 aromatic rings. The second-order valence-electron chi connectivity index (χ2n) is 5.87. The zero-order valence-electron chi connectivity index (χ0n) is 14.6. The van der Waals surface area contributed by atoms with Crippen LogP contribution in [-0.2, 0) is 0 Å². The van der Waals surface area contributed by atoms with Gasteiger partial charge in [0.15, 0.2) is 0 Å². The van der Waals surface area contributed by atoms with Crippen LogP contribution in [0.5, 0.6) is 5.88 Å². The monoisotopic (exact) mass is 353 g/mol. The van der Waals surface area contributed by atoms with Crippen LogP contribution in [0.15, 0.2) is 29.6 Å². The van der Waals surface area contributed by atoms with E-state index in [2.05, 4.69) is 37.9 Å². The van der Waals surface area contributed by atoms with Gasteiger partial charge in [-0.1, -0.05) is 12.1 Å². The van der Waals surface area contributed by atoms with Crippen LogP contribution in [0.1, 0.15) is 27.0 Å². The molecule has 0 saturated carbocycles. The highest BCUT2D eigenvalue weighted by Crippen LogP contribution is 2.32. The molecule has 0 radical (unpaired) electrons. The van der Waals surface area contributed by atoms with Crippen molar-refractivity contribution in [1.29, 1.82) is 0 Å². The molecule has 25 heavy (non-hydrogen) atoms. The molecule has 2 aromatic heterocycles. The Morgan fingerprint density at radius 2 is 1.84 bits per heavy atom. The fourth-order valence-electron chi connectivity index (χ4n) is 2.61. The summed E-state index contributed by atoms with van der Waals surface area (Å²) in [7, 11) is 1.50. The van der Waals surface area contributed by atoms with Crippen molar-refractivity contribution in [3.8, 4) is 27.8 Å². The number of hydrogen-bond acceptors (Lipinski definition) is 5. The summed E-state index contributed by atoms with van der Waals surface area (Å²) in [5.41, 5.74) is 12.1. The van der Waals surface area contributed by atoms with Crippen LogP contribution in [0.3, 0.4) is 0 Å². The van der Waals surface area contributed by atoms with Crippen LogP contribution >= 0.6 is 11.3 Å². The third kappa shape index (κ3) is 3.25. The molecule has 5 nitrogen and oxygen atoms in total. The summed E-state index contributed by atoms with van der Waals surface area (Å²) in [5.74, 6) is -0.186. The quantitative estimate of drug-likeness (QED) is 0.771. The lowest BCUT2D eigenvalue weighted by molar-refractivity contribution is 0.1000. The zero-order chi connectivity index (χ0) is 18.1. The Morgan fingerprint density at radius 1 is 1.08 bits per heavy atom. The smallest absolute Gasteiger partial charge is 0.248 e. The molecule has 1 amide bonds. The van der Waals surface area contributed by atoms with E-state index in [1.54, 1.807) is 6.07 Å². The van der Waals surface area contributed by atoms with Crippen LogP contribution in [0.25, 0.3) is 22.0 Å². The number of rotatable bonds is 4. The van der Waals surface area contributed by atoms with Gasteiger partial charge in [0, 0.05) is 22.6 Å². The largest absolute Gasteiger partial charge is 0.481 e. The van der Waals surface area contributed by atoms with E-state index < -0.39 is 5.91 Å². The number of thiazole rings is 1. The molecule has 0 unspecified atom stereocenters. The first-order chi connectivity index (χ1) is 11.9. The molecular weight excluding hydrogens is 334 g/mol. The first kappa shape index (κ1) is 17.1. The first-order valence-electron chi connectivity index (χ1n) is 7.79. The van der Waals surface area contributed by atoms with Crippen LogP contribution in [0.2, 0.25) is 0 Å². The molecule has 0 aliphatic heterocycles. The second-order valence-corrected chi connectivity index (χ2v) is 6.72. The van der Waals surface area contributed by atoms with E-state index in [1.807, 2.05) is 5.38 Å². The summed E-state index contributed by atoms with van der Waals surface area (Å²) in [6.45, 7) is 6.32. The minimum Gasteiger partial charge on any atom is -0.481 e. The lowest BCUT2D eigenvalue weighted by Gasteiger charge is -2.09. The molecule has 0 spiro atoms. The van der Waals surface area contributed by atoms with Gasteiger partial charge in [0.05, 0.1) is 12.8 Å². The number of carbonyl (C=O) groups excluding carboxylic acids is 1. The third-order valence-electron chi connectivity index (χ3n) is 4.35. The van der Waals surface area contributed by atoms with Gasteiger partial charge < -0.3 is 10.5 Å². The maximum absolute atomic E-state index is 11.5. The maximum Gasteiger partial charge on any atom is 0.248 e. The van der Waals surface area contributed by atoms with Gasteiger partial charge >= 0.3 is 0 Å². The standard InChI is InChI=1S/C19H19N3O2S/c1-10-5-6-14(12(3)11(10)2)16-9-25-19(22-16)15-7-13(18(20)23)8-17(21-15)24-4/h5-9H,1-4H3,(H2,20,23). The van der Waals surface area contributed by atoms with Crippen molar-refractivity contribution in [3.05, 3.63) is 51.9 Å². The Balaban J connectivity index is 2.07. The topological polar surface area (TPSA) is 78.1 Å². The molecule has 2 N–H and O–H groups in total. The molecule has 6 heteroatoms. The van der Waals surface area contributed by atoms with Crippen LogP contribution in [0, 0.1) is 20.8 Å². The van der Waals surface area contributed by atoms with Crippen LogP contribution in [-0.4, -0.2) is 23.0 Å². The van der Waals surface area contributed by atoms with Crippen molar-refractivity contribution in [2.24, 2.45) is 5.73 Å². The maximum atomic E-state index is 11.5. The summed E-state index contributed by atoms with van der Waals surface area (Å²) in [5, 5.41) is 2.71. The number of nitrogens with zero attached hydrogens (tertiary/aromatic N) is 2. The number of aromatic nitrogens is 2. The number of benzene rings is 1. The van der Waals surface area contributed by atoms with Gasteiger partial charge in [-0.05, 0) is 43.5 Å². The van der Waals surface area contributed by atoms with Gasteiger partial charge in [0.2, 0.25) is 11.8 Å². The van der Waals surface area contributed by atoms with Crippen molar-refractivity contribution in [2.75, 3.05) is 7.11 Å². The van der Waals surface area contributed by atoms with Crippen molar-refractivity contribution >= 4 is 17.2 Å². The van der Waals surface area contributed by atoms with E-state index in [4.69, 9.17) is 15.5 Å². The number of pyridine rings is 1. The summed E-state index contributed by atoms with van der Waals surface area (Å²) in [4.78, 5) is 20.6. The van der Waals surface area contributed by atoms with Gasteiger partial charge in [-0.15, -0.1) is 11.3 Å². The Hall–Kier alpha value is -2.73. The molecule has 3 rings (SSSR count). The fraction of sp³-hybridized carbons (Fsp3) is 0.211. The molecule has 1 aromatic carbocycles. The highest BCUT2D eigenvalue weighted by Gasteiger charge is 2.14. The molecule has 0 saturated heterocycles. The average Bonchev–Trinajstić information content (AvgIpc) is 3.09. The van der Waals surface area contributed by atoms with E-state index in [0.717, 1.165) is 11.3 Å². The number of aryl methyl sites for hydroxylation is 1. The van der Waals surface area contributed by atoms with Gasteiger partial charge in [0.25, 0.3) is 0 Å². The molecular formula is C19H19N3O2S. The minimum absolute atomic E-state index is 0.338. The van der Waals surface area contributed by atoms with Gasteiger partial charge in [-0.25, -0.2) is 9.97 Å². The SMILES string of the molecule is COc1cc(C(N)=O)cc(-c2nc(-c3ccc(C)c(C)c3C)cs2)n1. The molecule has 0 bridgehead atoms. The van der Waals surface area contributed by atoms with E-state index in [-0.39, 0.29) is 0 Å². The van der Waals surface area contributed by atoms with E-state index in [1.165, 1.54) is 41.2 Å². The Kier molecular flexibility index (Phi) is 4.55. The number of amides is 1. The van der Waals surface area contributed by atoms with Gasteiger partial charge in [0.1, 0.15) is 10.7 Å². The van der Waals surface area contributed by atoms with Crippen molar-refractivity contribution in [2.45, 2.75) is 20.8 Å². The fourth-order valence-corrected chi connectivity index (χ4v) is 3.39.